The van der Waals surface area contributed by atoms with Gasteiger partial charge in [0.2, 0.25) is 5.91 Å². The van der Waals surface area contributed by atoms with Gasteiger partial charge in [-0.05, 0) is 18.9 Å². The van der Waals surface area contributed by atoms with E-state index in [1.165, 1.54) is 6.92 Å². The zero-order valence-electron chi connectivity index (χ0n) is 8.25. The molecule has 8 heteroatoms. The van der Waals surface area contributed by atoms with Crippen molar-refractivity contribution in [3.8, 4) is 0 Å². The van der Waals surface area contributed by atoms with Gasteiger partial charge in [0.1, 0.15) is 12.1 Å². The maximum absolute atomic E-state index is 11.1. The van der Waals surface area contributed by atoms with E-state index in [2.05, 4.69) is 15.3 Å². The van der Waals surface area contributed by atoms with Crippen molar-refractivity contribution in [1.82, 2.24) is 5.32 Å². The predicted octanol–water partition coefficient (Wildman–Crippen LogP) is -0.397. The maximum Gasteiger partial charge on any atom is 0.320 e. The molecule has 0 heterocycles. The quantitative estimate of drug-likeness (QED) is 0.315. The van der Waals surface area contributed by atoms with Gasteiger partial charge in [0.05, 0.1) is 0 Å². The molecule has 2 atom stereocenters. The molecule has 8 nitrogen and oxygen atoms in total. The predicted molar refractivity (Wildman–Crippen MR) is 51.8 cm³/mol. The van der Waals surface area contributed by atoms with E-state index < -0.39 is 24.0 Å². The Morgan fingerprint density at radius 3 is 2.73 bits per heavy atom. The summed E-state index contributed by atoms with van der Waals surface area (Å²) in [6.07, 6.45) is 0.129. The highest BCUT2D eigenvalue weighted by molar-refractivity contribution is 5.81. The number of nitrogens with one attached hydrogen (secondary N) is 1. The zero-order valence-corrected chi connectivity index (χ0v) is 8.25. The lowest BCUT2D eigenvalue weighted by Crippen LogP contribution is -2.37. The topological polar surface area (TPSA) is 141 Å². The number of carboxylic acid groups (broad SMARTS) is 1. The summed E-state index contributed by atoms with van der Waals surface area (Å²) < 4.78 is 0. The van der Waals surface area contributed by atoms with Gasteiger partial charge in [-0.25, -0.2) is 0 Å². The number of carboxylic acids is 1. The van der Waals surface area contributed by atoms with Crippen molar-refractivity contribution < 1.29 is 14.7 Å². The average Bonchev–Trinajstić information content (AvgIpc) is 2.17. The van der Waals surface area contributed by atoms with Crippen LogP contribution in [0.4, 0.5) is 0 Å². The van der Waals surface area contributed by atoms with Gasteiger partial charge in [0.25, 0.3) is 0 Å². The summed E-state index contributed by atoms with van der Waals surface area (Å²) in [5.74, 6) is -1.57. The summed E-state index contributed by atoms with van der Waals surface area (Å²) in [7, 11) is 0. The van der Waals surface area contributed by atoms with Gasteiger partial charge < -0.3 is 16.2 Å². The van der Waals surface area contributed by atoms with Crippen LogP contribution in [0.25, 0.3) is 10.4 Å². The molecule has 0 bridgehead atoms. The van der Waals surface area contributed by atoms with Crippen LogP contribution in [-0.4, -0.2) is 35.6 Å². The molecular weight excluding hydrogens is 202 g/mol. The van der Waals surface area contributed by atoms with Crippen LogP contribution >= 0.6 is 0 Å². The van der Waals surface area contributed by atoms with E-state index in [0.29, 0.717) is 0 Å². The Balaban J connectivity index is 3.82. The molecule has 0 saturated carbocycles. The summed E-state index contributed by atoms with van der Waals surface area (Å²) in [6.45, 7) is 1.57. The monoisotopic (exact) mass is 215 g/mol. The molecule has 15 heavy (non-hydrogen) atoms. The smallest absolute Gasteiger partial charge is 0.320 e. The van der Waals surface area contributed by atoms with Crippen LogP contribution in [0.1, 0.15) is 13.3 Å². The van der Waals surface area contributed by atoms with Crippen molar-refractivity contribution in [3.05, 3.63) is 10.4 Å². The number of azide groups is 1. The molecule has 0 rings (SSSR count). The largest absolute Gasteiger partial charge is 0.480 e. The Bertz CT molecular complexity index is 286. The van der Waals surface area contributed by atoms with Gasteiger partial charge in [-0.2, -0.15) is 0 Å². The lowest BCUT2D eigenvalue weighted by molar-refractivity contribution is -0.138. The number of amides is 1. The van der Waals surface area contributed by atoms with Crippen LogP contribution < -0.4 is 11.1 Å². The molecule has 84 valence electrons. The van der Waals surface area contributed by atoms with Gasteiger partial charge in [-0.15, -0.1) is 0 Å². The second kappa shape index (κ2) is 6.63. The first-order chi connectivity index (χ1) is 6.99. The summed E-state index contributed by atoms with van der Waals surface area (Å²) in [4.78, 5) is 23.9. The molecule has 0 aliphatic heterocycles. The summed E-state index contributed by atoms with van der Waals surface area (Å²) >= 11 is 0. The molecule has 4 N–H and O–H groups in total. The number of nitrogens with zero attached hydrogens (tertiary/aromatic N) is 3. The molecule has 0 aliphatic rings. The molecule has 0 spiro atoms. The third-order valence-corrected chi connectivity index (χ3v) is 1.68. The fourth-order valence-electron chi connectivity index (χ4n) is 0.752. The van der Waals surface area contributed by atoms with E-state index >= 15 is 0 Å². The molecule has 2 unspecified atom stereocenters. The lowest BCUT2D eigenvalue weighted by Gasteiger charge is -2.09. The van der Waals surface area contributed by atoms with E-state index in [4.69, 9.17) is 16.4 Å². The summed E-state index contributed by atoms with van der Waals surface area (Å²) in [6, 6.07) is -1.81. The number of carbonyl (C=O) groups excluding carboxylic acids is 1. The molecule has 1 amide bonds. The van der Waals surface area contributed by atoms with Crippen LogP contribution in [0.3, 0.4) is 0 Å². The normalized spacial score (nSPS) is 13.5. The fourth-order valence-corrected chi connectivity index (χ4v) is 0.752. The molecule has 0 aromatic heterocycles. The van der Waals surface area contributed by atoms with E-state index in [1.54, 1.807) is 0 Å². The highest BCUT2D eigenvalue weighted by Gasteiger charge is 2.13. The Labute approximate surface area is 86.1 Å². The number of hydrogen-bond acceptors (Lipinski definition) is 4. The van der Waals surface area contributed by atoms with Gasteiger partial charge in [-0.3, -0.25) is 9.59 Å². The first-order valence-corrected chi connectivity index (χ1v) is 4.29. The second-order valence-electron chi connectivity index (χ2n) is 2.91. The maximum atomic E-state index is 11.1. The number of aliphatic carboxylic acids is 1. The second-order valence-corrected chi connectivity index (χ2v) is 2.91. The molecule has 0 aromatic rings. The molecule has 0 aliphatic carbocycles. The highest BCUT2D eigenvalue weighted by Crippen LogP contribution is 1.91. The number of nitrogens with two attached hydrogens (primary N) is 1. The zero-order chi connectivity index (χ0) is 11.8. The SMILES string of the molecule is CC(N=[N+]=[N-])C(=O)NCCC(N)C(=O)O. The number of rotatable bonds is 6. The molecular formula is C7H13N5O3. The van der Waals surface area contributed by atoms with E-state index in [1.807, 2.05) is 0 Å². The van der Waals surface area contributed by atoms with Crippen molar-refractivity contribution in [1.29, 1.82) is 0 Å². The first kappa shape index (κ1) is 13.2. The fraction of sp³-hybridized carbons (Fsp3) is 0.714. The molecule has 0 saturated heterocycles. The Morgan fingerprint density at radius 2 is 2.27 bits per heavy atom. The van der Waals surface area contributed by atoms with E-state index in [9.17, 15) is 9.59 Å². The number of hydrogen-bond donors (Lipinski definition) is 3. The Morgan fingerprint density at radius 1 is 1.67 bits per heavy atom. The van der Waals surface area contributed by atoms with Crippen LogP contribution in [0.15, 0.2) is 5.11 Å². The van der Waals surface area contributed by atoms with Crippen LogP contribution in [-0.2, 0) is 9.59 Å². The van der Waals surface area contributed by atoms with Crippen molar-refractivity contribution in [2.75, 3.05) is 6.54 Å². The molecule has 0 aromatic carbocycles. The number of carbonyl (C=O) groups is 2. The lowest BCUT2D eigenvalue weighted by atomic mass is 10.2. The third kappa shape index (κ3) is 5.50. The molecule has 0 radical (unpaired) electrons. The summed E-state index contributed by atoms with van der Waals surface area (Å²) in [5.41, 5.74) is 13.3. The minimum atomic E-state index is -1.12. The highest BCUT2D eigenvalue weighted by atomic mass is 16.4. The Kier molecular flexibility index (Phi) is 5.84. The average molecular weight is 215 g/mol. The Hall–Kier alpha value is -1.79. The van der Waals surface area contributed by atoms with Gasteiger partial charge >= 0.3 is 5.97 Å². The first-order valence-electron chi connectivity index (χ1n) is 4.29. The van der Waals surface area contributed by atoms with Crippen molar-refractivity contribution in [2.24, 2.45) is 10.8 Å². The van der Waals surface area contributed by atoms with Gasteiger partial charge in [-0.1, -0.05) is 5.11 Å². The van der Waals surface area contributed by atoms with Crippen LogP contribution in [0, 0.1) is 0 Å². The van der Waals surface area contributed by atoms with Crippen LogP contribution in [0.5, 0.6) is 0 Å². The molecule has 0 fully saturated rings. The third-order valence-electron chi connectivity index (χ3n) is 1.68. The van der Waals surface area contributed by atoms with Crippen molar-refractivity contribution >= 4 is 11.9 Å². The summed E-state index contributed by atoms with van der Waals surface area (Å²) in [5, 5.41) is 14.0. The van der Waals surface area contributed by atoms with Crippen molar-refractivity contribution in [3.63, 3.8) is 0 Å². The van der Waals surface area contributed by atoms with Crippen molar-refractivity contribution in [2.45, 2.75) is 25.4 Å². The van der Waals surface area contributed by atoms with Gasteiger partial charge in [0, 0.05) is 11.5 Å². The minimum Gasteiger partial charge on any atom is -0.480 e. The van der Waals surface area contributed by atoms with E-state index in [0.717, 1.165) is 0 Å². The van der Waals surface area contributed by atoms with Crippen LogP contribution in [0.2, 0.25) is 0 Å². The van der Waals surface area contributed by atoms with E-state index in [-0.39, 0.29) is 13.0 Å². The van der Waals surface area contributed by atoms with Gasteiger partial charge in [0.15, 0.2) is 0 Å². The standard InChI is InChI=1S/C7H13N5O3/c1-4(11-12-9)6(13)10-3-2-5(8)7(14)15/h4-5H,2-3,8H2,1H3,(H,10,13)(H,14,15). The minimum absolute atomic E-state index is 0.129.